The van der Waals surface area contributed by atoms with Crippen LogP contribution < -0.4 is 0 Å². The zero-order valence-electron chi connectivity index (χ0n) is 18.9. The average Bonchev–Trinajstić information content (AvgIpc) is 2.68. The van der Waals surface area contributed by atoms with Crippen molar-refractivity contribution in [3.63, 3.8) is 0 Å². The van der Waals surface area contributed by atoms with Gasteiger partial charge in [-0.3, -0.25) is 0 Å². The lowest BCUT2D eigenvalue weighted by Crippen LogP contribution is -2.42. The molecule has 0 aromatic carbocycles. The second-order valence-corrected chi connectivity index (χ2v) is 11.8. The summed E-state index contributed by atoms with van der Waals surface area (Å²) < 4.78 is 12.9. The normalized spacial score (nSPS) is 13.3. The van der Waals surface area contributed by atoms with Crippen LogP contribution >= 0.6 is 0 Å². The Labute approximate surface area is 167 Å². The molecule has 0 aliphatic heterocycles. The van der Waals surface area contributed by atoms with E-state index in [0.717, 1.165) is 31.2 Å². The van der Waals surface area contributed by atoms with Crippen molar-refractivity contribution in [2.75, 3.05) is 13.2 Å². The second kappa shape index (κ2) is 18.5. The monoisotopic (exact) mass is 386 g/mol. The van der Waals surface area contributed by atoms with Crippen LogP contribution in [0.25, 0.3) is 0 Å². The summed E-state index contributed by atoms with van der Waals surface area (Å²) in [6.07, 6.45) is 17.5. The number of hydrogen-bond acceptors (Lipinski definition) is 2. The fourth-order valence-electron chi connectivity index (χ4n) is 3.54. The Kier molecular flexibility index (Phi) is 18.6. The van der Waals surface area contributed by atoms with Crippen LogP contribution in [0.15, 0.2) is 0 Å². The predicted molar refractivity (Wildman–Crippen MR) is 119 cm³/mol. The molecule has 0 aromatic heterocycles. The van der Waals surface area contributed by atoms with Gasteiger partial charge in [0.1, 0.15) is 0 Å². The van der Waals surface area contributed by atoms with Crippen LogP contribution in [0.1, 0.15) is 118 Å². The third-order valence-corrected chi connectivity index (χ3v) is 9.39. The molecule has 0 radical (unpaired) electrons. The molecule has 1 unspecified atom stereocenters. The van der Waals surface area contributed by atoms with E-state index in [0.29, 0.717) is 0 Å². The van der Waals surface area contributed by atoms with Gasteiger partial charge in [-0.2, -0.15) is 0 Å². The van der Waals surface area contributed by atoms with E-state index in [-0.39, 0.29) is 0 Å². The Balaban J connectivity index is 3.91. The molecule has 2 nitrogen and oxygen atoms in total. The minimum absolute atomic E-state index is 0.719. The molecule has 0 aromatic rings. The molecule has 0 amide bonds. The van der Waals surface area contributed by atoms with Crippen molar-refractivity contribution >= 4 is 8.56 Å². The summed E-state index contributed by atoms with van der Waals surface area (Å²) in [5.41, 5.74) is 0. The van der Waals surface area contributed by atoms with Crippen molar-refractivity contribution in [2.24, 2.45) is 5.92 Å². The lowest BCUT2D eigenvalue weighted by Gasteiger charge is -2.30. The molecule has 0 aliphatic rings. The van der Waals surface area contributed by atoms with Gasteiger partial charge >= 0.3 is 8.56 Å². The topological polar surface area (TPSA) is 18.5 Å². The fraction of sp³-hybridized carbons (Fsp3) is 1.00. The molecular formula is C23H50O2Si. The van der Waals surface area contributed by atoms with Crippen LogP contribution in [0.5, 0.6) is 0 Å². The molecule has 0 aliphatic carbocycles. The van der Waals surface area contributed by atoms with Gasteiger partial charge in [-0.15, -0.1) is 0 Å². The molecule has 0 fully saturated rings. The van der Waals surface area contributed by atoms with Crippen molar-refractivity contribution in [1.82, 2.24) is 0 Å². The molecule has 0 N–H and O–H groups in total. The summed E-state index contributed by atoms with van der Waals surface area (Å²) in [5.74, 6) is 0.719. The largest absolute Gasteiger partial charge is 0.394 e. The van der Waals surface area contributed by atoms with Crippen molar-refractivity contribution in [3.8, 4) is 0 Å². The summed E-state index contributed by atoms with van der Waals surface area (Å²) in [5, 5.41) is 0. The van der Waals surface area contributed by atoms with Crippen LogP contribution in [-0.2, 0) is 8.85 Å². The quantitative estimate of drug-likeness (QED) is 0.155. The van der Waals surface area contributed by atoms with Crippen molar-refractivity contribution in [1.29, 1.82) is 0 Å². The highest BCUT2D eigenvalue weighted by atomic mass is 28.4. The van der Waals surface area contributed by atoms with Crippen molar-refractivity contribution < 1.29 is 8.85 Å². The van der Waals surface area contributed by atoms with Crippen LogP contribution in [0.4, 0.5) is 0 Å². The zero-order valence-corrected chi connectivity index (χ0v) is 19.9. The van der Waals surface area contributed by atoms with Crippen molar-refractivity contribution in [2.45, 2.75) is 130 Å². The molecular weight excluding hydrogens is 336 g/mol. The Morgan fingerprint density at radius 3 is 1.65 bits per heavy atom. The lowest BCUT2D eigenvalue weighted by atomic mass is 10.0. The van der Waals surface area contributed by atoms with E-state index in [2.05, 4.69) is 34.6 Å². The van der Waals surface area contributed by atoms with Gasteiger partial charge in [0, 0.05) is 13.2 Å². The Hall–Kier alpha value is 0.137. The maximum atomic E-state index is 6.48. The van der Waals surface area contributed by atoms with Gasteiger partial charge in [-0.1, -0.05) is 105 Å². The molecule has 0 spiro atoms. The van der Waals surface area contributed by atoms with E-state index in [1.165, 1.54) is 83.5 Å². The van der Waals surface area contributed by atoms with E-state index < -0.39 is 8.56 Å². The first-order valence-electron chi connectivity index (χ1n) is 12.0. The standard InChI is InChI=1S/C23H50O2Si/c1-6-11-13-14-15-16-17-18-19-21-24-26(9-4,10-5)25-22-23(8-3)20-12-7-2/h23H,6-22H2,1-5H3. The zero-order chi connectivity index (χ0) is 19.5. The summed E-state index contributed by atoms with van der Waals surface area (Å²) in [6, 6.07) is 2.18. The first-order valence-corrected chi connectivity index (χ1v) is 14.2. The van der Waals surface area contributed by atoms with Gasteiger partial charge in [0.05, 0.1) is 0 Å². The van der Waals surface area contributed by atoms with Crippen LogP contribution in [0.3, 0.4) is 0 Å². The van der Waals surface area contributed by atoms with Crippen LogP contribution in [-0.4, -0.2) is 21.8 Å². The molecule has 3 heteroatoms. The fourth-order valence-corrected chi connectivity index (χ4v) is 5.99. The highest BCUT2D eigenvalue weighted by molar-refractivity contribution is 6.67. The summed E-state index contributed by atoms with van der Waals surface area (Å²) in [6.45, 7) is 13.2. The molecule has 26 heavy (non-hydrogen) atoms. The van der Waals surface area contributed by atoms with Gasteiger partial charge in [-0.05, 0) is 30.8 Å². The van der Waals surface area contributed by atoms with Gasteiger partial charge in [0.25, 0.3) is 0 Å². The number of unbranched alkanes of at least 4 members (excludes halogenated alkanes) is 9. The Bertz CT molecular complexity index is 279. The summed E-state index contributed by atoms with van der Waals surface area (Å²) in [7, 11) is -1.95. The SMILES string of the molecule is CCCCCCCCCCCO[Si](CC)(CC)OCC(CC)CCCC. The first-order chi connectivity index (χ1) is 12.7. The highest BCUT2D eigenvalue weighted by Crippen LogP contribution is 2.23. The van der Waals surface area contributed by atoms with E-state index in [1.807, 2.05) is 0 Å². The maximum Gasteiger partial charge on any atom is 0.337 e. The smallest absolute Gasteiger partial charge is 0.337 e. The third-order valence-electron chi connectivity index (χ3n) is 5.82. The lowest BCUT2D eigenvalue weighted by molar-refractivity contribution is 0.137. The van der Waals surface area contributed by atoms with Gasteiger partial charge in [0.2, 0.25) is 0 Å². The minimum Gasteiger partial charge on any atom is -0.394 e. The summed E-state index contributed by atoms with van der Waals surface area (Å²) >= 11 is 0. The number of hydrogen-bond donors (Lipinski definition) is 0. The molecule has 0 rings (SSSR count). The molecule has 0 saturated carbocycles. The van der Waals surface area contributed by atoms with Crippen LogP contribution in [0, 0.1) is 5.92 Å². The van der Waals surface area contributed by atoms with Gasteiger partial charge in [0.15, 0.2) is 0 Å². The second-order valence-electron chi connectivity index (χ2n) is 8.02. The van der Waals surface area contributed by atoms with Crippen LogP contribution in [0.2, 0.25) is 12.1 Å². The predicted octanol–water partition coefficient (Wildman–Crippen LogP) is 8.25. The van der Waals surface area contributed by atoms with E-state index in [4.69, 9.17) is 8.85 Å². The molecule has 1 atom stereocenters. The Morgan fingerprint density at radius 1 is 0.615 bits per heavy atom. The van der Waals surface area contributed by atoms with Gasteiger partial charge < -0.3 is 8.85 Å². The molecule has 0 saturated heterocycles. The minimum atomic E-state index is -1.95. The van der Waals surface area contributed by atoms with E-state index in [9.17, 15) is 0 Å². The molecule has 0 heterocycles. The first kappa shape index (κ1) is 26.1. The highest BCUT2D eigenvalue weighted by Gasteiger charge is 2.34. The third kappa shape index (κ3) is 13.3. The molecule has 158 valence electrons. The Morgan fingerprint density at radius 2 is 1.15 bits per heavy atom. The number of rotatable bonds is 20. The van der Waals surface area contributed by atoms with Crippen molar-refractivity contribution in [3.05, 3.63) is 0 Å². The average molecular weight is 387 g/mol. The van der Waals surface area contributed by atoms with Gasteiger partial charge in [-0.25, -0.2) is 0 Å². The summed E-state index contributed by atoms with van der Waals surface area (Å²) in [4.78, 5) is 0. The molecule has 0 bridgehead atoms. The van der Waals surface area contributed by atoms with E-state index in [1.54, 1.807) is 0 Å². The maximum absolute atomic E-state index is 6.48. The van der Waals surface area contributed by atoms with E-state index >= 15 is 0 Å².